The van der Waals surface area contributed by atoms with Gasteiger partial charge in [-0.2, -0.15) is 0 Å². The van der Waals surface area contributed by atoms with Crippen molar-refractivity contribution in [3.63, 3.8) is 0 Å². The van der Waals surface area contributed by atoms with Crippen molar-refractivity contribution in [2.75, 3.05) is 40.7 Å². The summed E-state index contributed by atoms with van der Waals surface area (Å²) in [5, 5.41) is 5.78. The van der Waals surface area contributed by atoms with E-state index in [-0.39, 0.29) is 50.0 Å². The largest absolute Gasteiger partial charge is 0.493 e. The standard InChI is InChI=1S/C31H35N3O9/c1-38-24-10-8-21(14-27(24)39-2)23(33-31(37)26-6-4-12-41-26)15-30(36)34(18-29(35)32-16-22-5-3-11-40-22)17-20-7-9-25-28(13-20)43-19-42-25/h4,6-10,12-14,22-23H,3,5,11,15-19H2,1-2H3,(H,32,35)(H,33,37). The lowest BCUT2D eigenvalue weighted by Gasteiger charge is -2.26. The topological polar surface area (TPSA) is 138 Å². The van der Waals surface area contributed by atoms with Crippen LogP contribution in [0.25, 0.3) is 0 Å². The number of amides is 3. The molecule has 3 aromatic rings. The Morgan fingerprint density at radius 2 is 1.86 bits per heavy atom. The van der Waals surface area contributed by atoms with Crippen molar-refractivity contribution in [3.8, 4) is 23.0 Å². The lowest BCUT2D eigenvalue weighted by atomic mass is 10.0. The molecule has 0 spiro atoms. The maximum atomic E-state index is 13.9. The number of rotatable bonds is 13. The van der Waals surface area contributed by atoms with Gasteiger partial charge in [0, 0.05) is 19.7 Å². The minimum Gasteiger partial charge on any atom is -0.493 e. The molecule has 0 saturated carbocycles. The van der Waals surface area contributed by atoms with Crippen LogP contribution >= 0.6 is 0 Å². The van der Waals surface area contributed by atoms with E-state index in [0.717, 1.165) is 18.4 Å². The third kappa shape index (κ3) is 7.58. The first kappa shape index (κ1) is 29.8. The van der Waals surface area contributed by atoms with Crippen LogP contribution in [0.15, 0.2) is 59.2 Å². The number of benzene rings is 2. The quantitative estimate of drug-likeness (QED) is 0.306. The Labute approximate surface area is 249 Å². The zero-order chi connectivity index (χ0) is 30.2. The van der Waals surface area contributed by atoms with E-state index in [4.69, 9.17) is 28.1 Å². The van der Waals surface area contributed by atoms with Crippen molar-refractivity contribution in [2.45, 2.75) is 38.0 Å². The van der Waals surface area contributed by atoms with E-state index < -0.39 is 11.9 Å². The minimum atomic E-state index is -0.779. The van der Waals surface area contributed by atoms with Gasteiger partial charge in [-0.1, -0.05) is 12.1 Å². The number of hydrogen-bond donors (Lipinski definition) is 2. The van der Waals surface area contributed by atoms with Crippen LogP contribution in [-0.4, -0.2) is 69.4 Å². The van der Waals surface area contributed by atoms with Gasteiger partial charge in [-0.15, -0.1) is 0 Å². The summed E-state index contributed by atoms with van der Waals surface area (Å²) in [6.07, 6.45) is 3.05. The van der Waals surface area contributed by atoms with Crippen LogP contribution in [0.4, 0.5) is 0 Å². The second-order valence-corrected chi connectivity index (χ2v) is 10.2. The number of carbonyl (C=O) groups excluding carboxylic acids is 3. The number of ether oxygens (including phenoxy) is 5. The maximum absolute atomic E-state index is 13.9. The van der Waals surface area contributed by atoms with Gasteiger partial charge in [-0.05, 0) is 60.4 Å². The Balaban J connectivity index is 1.37. The van der Waals surface area contributed by atoms with Crippen molar-refractivity contribution < 1.29 is 42.5 Å². The number of hydrogen-bond acceptors (Lipinski definition) is 9. The number of carbonyl (C=O) groups is 3. The fraction of sp³-hybridized carbons (Fsp3) is 0.387. The average molecular weight is 594 g/mol. The highest BCUT2D eigenvalue weighted by Crippen LogP contribution is 2.34. The molecule has 3 heterocycles. The number of nitrogens with one attached hydrogen (secondary N) is 2. The monoisotopic (exact) mass is 593 g/mol. The molecule has 12 heteroatoms. The molecule has 2 unspecified atom stereocenters. The third-order valence-corrected chi connectivity index (χ3v) is 7.29. The van der Waals surface area contributed by atoms with Gasteiger partial charge in [0.2, 0.25) is 18.6 Å². The van der Waals surface area contributed by atoms with Crippen LogP contribution in [0.2, 0.25) is 0 Å². The predicted molar refractivity (Wildman–Crippen MR) is 153 cm³/mol. The first-order valence-electron chi connectivity index (χ1n) is 14.0. The molecule has 0 aliphatic carbocycles. The summed E-state index contributed by atoms with van der Waals surface area (Å²) in [7, 11) is 3.03. The molecule has 1 saturated heterocycles. The van der Waals surface area contributed by atoms with Crippen LogP contribution in [0, 0.1) is 0 Å². The van der Waals surface area contributed by atoms with E-state index in [1.54, 1.807) is 36.4 Å². The molecule has 228 valence electrons. The van der Waals surface area contributed by atoms with E-state index in [0.29, 0.717) is 41.7 Å². The van der Waals surface area contributed by atoms with E-state index in [2.05, 4.69) is 10.6 Å². The number of fused-ring (bicyclic) bond motifs is 1. The van der Waals surface area contributed by atoms with Crippen LogP contribution in [0.3, 0.4) is 0 Å². The maximum Gasteiger partial charge on any atom is 0.287 e. The third-order valence-electron chi connectivity index (χ3n) is 7.29. The van der Waals surface area contributed by atoms with Gasteiger partial charge in [0.25, 0.3) is 5.91 Å². The van der Waals surface area contributed by atoms with Gasteiger partial charge in [0.15, 0.2) is 28.8 Å². The van der Waals surface area contributed by atoms with Crippen LogP contribution < -0.4 is 29.6 Å². The predicted octanol–water partition coefficient (Wildman–Crippen LogP) is 3.21. The van der Waals surface area contributed by atoms with Crippen LogP contribution in [0.1, 0.15) is 47.0 Å². The summed E-state index contributed by atoms with van der Waals surface area (Å²) in [6.45, 7) is 1.11. The normalized spacial score (nSPS) is 15.9. The fourth-order valence-electron chi connectivity index (χ4n) is 5.02. The summed E-state index contributed by atoms with van der Waals surface area (Å²) in [5.74, 6) is 1.07. The molecule has 0 radical (unpaired) electrons. The molecule has 2 aromatic carbocycles. The van der Waals surface area contributed by atoms with E-state index in [1.807, 2.05) is 6.07 Å². The van der Waals surface area contributed by atoms with E-state index >= 15 is 0 Å². The summed E-state index contributed by atoms with van der Waals surface area (Å²) >= 11 is 0. The summed E-state index contributed by atoms with van der Waals surface area (Å²) in [5.41, 5.74) is 1.36. The zero-order valence-electron chi connectivity index (χ0n) is 24.1. The van der Waals surface area contributed by atoms with Gasteiger partial charge in [-0.3, -0.25) is 14.4 Å². The summed E-state index contributed by atoms with van der Waals surface area (Å²) < 4.78 is 32.6. The lowest BCUT2D eigenvalue weighted by Crippen LogP contribution is -2.43. The first-order valence-corrected chi connectivity index (χ1v) is 14.0. The smallest absolute Gasteiger partial charge is 0.287 e. The highest BCUT2D eigenvalue weighted by Gasteiger charge is 2.27. The molecular formula is C31H35N3O9. The molecule has 2 atom stereocenters. The lowest BCUT2D eigenvalue weighted by molar-refractivity contribution is -0.137. The van der Waals surface area contributed by atoms with Crippen molar-refractivity contribution >= 4 is 17.7 Å². The summed E-state index contributed by atoms with van der Waals surface area (Å²) in [4.78, 5) is 41.4. The van der Waals surface area contributed by atoms with Crippen molar-refractivity contribution in [1.82, 2.24) is 15.5 Å². The number of nitrogens with zero attached hydrogens (tertiary/aromatic N) is 1. The molecule has 43 heavy (non-hydrogen) atoms. The fourth-order valence-corrected chi connectivity index (χ4v) is 5.02. The second kappa shape index (κ2) is 14.0. The Hall–Kier alpha value is -4.71. The number of methoxy groups -OCH3 is 2. The molecule has 5 rings (SSSR count). The molecular weight excluding hydrogens is 558 g/mol. The zero-order valence-corrected chi connectivity index (χ0v) is 24.1. The van der Waals surface area contributed by atoms with Gasteiger partial charge < -0.3 is 43.6 Å². The Bertz CT molecular complexity index is 1420. The Morgan fingerprint density at radius 1 is 1.02 bits per heavy atom. The molecule has 0 bridgehead atoms. The van der Waals surface area contributed by atoms with Gasteiger partial charge in [-0.25, -0.2) is 0 Å². The SMILES string of the molecule is COc1ccc(C(CC(=O)N(CC(=O)NCC2CCCO2)Cc2ccc3c(c2)OCO3)NC(=O)c2ccco2)cc1OC. The molecule has 1 fully saturated rings. The molecule has 1 aromatic heterocycles. The van der Waals surface area contributed by atoms with Crippen LogP contribution in [-0.2, 0) is 20.9 Å². The van der Waals surface area contributed by atoms with Gasteiger partial charge in [0.1, 0.15) is 0 Å². The van der Waals surface area contributed by atoms with E-state index in [1.165, 1.54) is 31.4 Å². The van der Waals surface area contributed by atoms with E-state index in [9.17, 15) is 14.4 Å². The number of furan rings is 1. The average Bonchev–Trinajstić information content (AvgIpc) is 3.82. The van der Waals surface area contributed by atoms with Gasteiger partial charge >= 0.3 is 0 Å². The Morgan fingerprint density at radius 3 is 2.60 bits per heavy atom. The highest BCUT2D eigenvalue weighted by atomic mass is 16.7. The molecule has 2 aliphatic rings. The molecule has 2 aliphatic heterocycles. The first-order chi connectivity index (χ1) is 20.9. The van der Waals surface area contributed by atoms with Crippen molar-refractivity contribution in [1.29, 1.82) is 0 Å². The summed E-state index contributed by atoms with van der Waals surface area (Å²) in [6, 6.07) is 12.9. The highest BCUT2D eigenvalue weighted by molar-refractivity contribution is 5.92. The molecule has 3 amide bonds. The van der Waals surface area contributed by atoms with Crippen molar-refractivity contribution in [2.24, 2.45) is 0 Å². The molecule has 12 nitrogen and oxygen atoms in total. The van der Waals surface area contributed by atoms with Crippen molar-refractivity contribution in [3.05, 3.63) is 71.7 Å². The van der Waals surface area contributed by atoms with Gasteiger partial charge in [0.05, 0.1) is 45.6 Å². The minimum absolute atomic E-state index is 0.0341. The molecule has 2 N–H and O–H groups in total. The van der Waals surface area contributed by atoms with Crippen LogP contribution in [0.5, 0.6) is 23.0 Å². The second-order valence-electron chi connectivity index (χ2n) is 10.2. The Kier molecular flexibility index (Phi) is 9.67.